The molecule has 2 rings (SSSR count). The first kappa shape index (κ1) is 21.8. The van der Waals surface area contributed by atoms with E-state index in [2.05, 4.69) is 4.98 Å². The minimum absolute atomic E-state index is 0. The average molecular weight is 335 g/mol. The van der Waals surface area contributed by atoms with Gasteiger partial charge in [0.15, 0.2) is 0 Å². The van der Waals surface area contributed by atoms with Gasteiger partial charge in [0, 0.05) is 12.6 Å². The molecule has 0 aromatic carbocycles. The van der Waals surface area contributed by atoms with Crippen LogP contribution < -0.4 is 80.3 Å². The number of nitrogen functional groups attached to an aromatic ring is 1. The predicted octanol–water partition coefficient (Wildman–Crippen LogP) is -7.99. The van der Waals surface area contributed by atoms with Crippen molar-refractivity contribution in [1.29, 1.82) is 0 Å². The van der Waals surface area contributed by atoms with Gasteiger partial charge in [0.1, 0.15) is 12.0 Å². The van der Waals surface area contributed by atoms with Gasteiger partial charge >= 0.3 is 64.8 Å². The maximum absolute atomic E-state index is 11.6. The molecule has 1 saturated heterocycles. The quantitative estimate of drug-likeness (QED) is 0.422. The molecule has 9 nitrogen and oxygen atoms in total. The van der Waals surface area contributed by atoms with Crippen LogP contribution in [0.15, 0.2) is 17.1 Å². The van der Waals surface area contributed by atoms with E-state index in [4.69, 9.17) is 15.2 Å². The van der Waals surface area contributed by atoms with Crippen molar-refractivity contribution in [3.05, 3.63) is 22.7 Å². The SMILES string of the molecule is Nc1ccn([C@H]2C[C@@H](OCP(=O)([O-])[O-])CO2)c(=O)n1.[Na+].[Na+]. The summed E-state index contributed by atoms with van der Waals surface area (Å²) in [5.74, 6) is 0.102. The molecule has 1 aliphatic rings. The largest absolute Gasteiger partial charge is 1.00 e. The number of hydrogen-bond donors (Lipinski definition) is 1. The van der Waals surface area contributed by atoms with E-state index in [-0.39, 0.29) is 78.0 Å². The average Bonchev–Trinajstić information content (AvgIpc) is 2.74. The van der Waals surface area contributed by atoms with E-state index in [0.29, 0.717) is 0 Å². The number of ether oxygens (including phenoxy) is 2. The van der Waals surface area contributed by atoms with E-state index in [1.54, 1.807) is 0 Å². The third-order valence-electron chi connectivity index (χ3n) is 2.57. The van der Waals surface area contributed by atoms with Gasteiger partial charge in [0.25, 0.3) is 0 Å². The van der Waals surface area contributed by atoms with Crippen LogP contribution in [0, 0.1) is 0 Å². The molecule has 2 heterocycles. The molecule has 0 saturated carbocycles. The molecular formula is C9H12N3Na2O6P. The zero-order valence-corrected chi connectivity index (χ0v) is 16.7. The van der Waals surface area contributed by atoms with Crippen molar-refractivity contribution < 1.29 is 82.9 Å². The topological polar surface area (TPSA) is 143 Å². The first-order chi connectivity index (χ1) is 8.85. The van der Waals surface area contributed by atoms with Crippen molar-refractivity contribution in [3.8, 4) is 0 Å². The molecule has 106 valence electrons. The van der Waals surface area contributed by atoms with Gasteiger partial charge < -0.3 is 29.6 Å². The van der Waals surface area contributed by atoms with Gasteiger partial charge in [-0.2, -0.15) is 4.98 Å². The summed E-state index contributed by atoms with van der Waals surface area (Å²) in [4.78, 5) is 36.0. The fraction of sp³-hybridized carbons (Fsp3) is 0.556. The van der Waals surface area contributed by atoms with Crippen LogP contribution in [0.25, 0.3) is 0 Å². The first-order valence-electron chi connectivity index (χ1n) is 5.44. The van der Waals surface area contributed by atoms with Crippen LogP contribution in [0.3, 0.4) is 0 Å². The van der Waals surface area contributed by atoms with Crippen molar-refractivity contribution in [2.75, 3.05) is 18.7 Å². The molecule has 0 spiro atoms. The summed E-state index contributed by atoms with van der Waals surface area (Å²) in [7, 11) is -4.70. The first-order valence-corrected chi connectivity index (χ1v) is 7.17. The summed E-state index contributed by atoms with van der Waals surface area (Å²) >= 11 is 0. The molecule has 2 atom stereocenters. The van der Waals surface area contributed by atoms with Crippen LogP contribution in [0.2, 0.25) is 0 Å². The second-order valence-corrected chi connectivity index (χ2v) is 5.57. The van der Waals surface area contributed by atoms with Gasteiger partial charge in [0.05, 0.1) is 19.1 Å². The van der Waals surface area contributed by atoms with Crippen LogP contribution in [0.5, 0.6) is 0 Å². The fourth-order valence-electron chi connectivity index (χ4n) is 1.73. The van der Waals surface area contributed by atoms with Crippen molar-refractivity contribution >= 4 is 13.4 Å². The van der Waals surface area contributed by atoms with E-state index < -0.39 is 32.0 Å². The standard InChI is InChI=1S/C9H14N3O6P.2Na/c10-7-1-2-12(9(13)11-7)8-3-6(4-17-8)18-5-19(14,15)16;;/h1-2,6,8H,3-5H2,(H2,10,11,13)(H2,14,15,16);;/q;2*+1/p-2/t6-,8-;;/m1../s1. The van der Waals surface area contributed by atoms with E-state index >= 15 is 0 Å². The Morgan fingerprint density at radius 2 is 2.19 bits per heavy atom. The Balaban J connectivity index is 0.00000200. The summed E-state index contributed by atoms with van der Waals surface area (Å²) in [5, 5.41) is 0. The molecule has 1 aromatic heterocycles. The third-order valence-corrected chi connectivity index (χ3v) is 3.03. The summed E-state index contributed by atoms with van der Waals surface area (Å²) in [5.41, 5.74) is 4.79. The molecule has 2 N–H and O–H groups in total. The van der Waals surface area contributed by atoms with Gasteiger partial charge in [-0.3, -0.25) is 4.57 Å². The zero-order chi connectivity index (χ0) is 14.0. The Morgan fingerprint density at radius 1 is 1.52 bits per heavy atom. The monoisotopic (exact) mass is 335 g/mol. The molecule has 1 aromatic rings. The number of aromatic nitrogens is 2. The Bertz CT molecular complexity index is 565. The predicted molar refractivity (Wildman–Crippen MR) is 59.9 cm³/mol. The number of rotatable bonds is 4. The number of anilines is 1. The molecule has 0 unspecified atom stereocenters. The summed E-state index contributed by atoms with van der Waals surface area (Å²) in [6.07, 6.45) is -0.355. The maximum atomic E-state index is 11.6. The maximum Gasteiger partial charge on any atom is 1.00 e. The Kier molecular flexibility index (Phi) is 9.47. The molecule has 0 bridgehead atoms. The molecule has 0 radical (unpaired) electrons. The minimum Gasteiger partial charge on any atom is -0.809 e. The van der Waals surface area contributed by atoms with Crippen molar-refractivity contribution in [3.63, 3.8) is 0 Å². The van der Waals surface area contributed by atoms with Crippen LogP contribution in [0.1, 0.15) is 12.6 Å². The van der Waals surface area contributed by atoms with Crippen LogP contribution >= 0.6 is 7.60 Å². The minimum atomic E-state index is -4.70. The molecule has 0 aliphatic carbocycles. The Hall–Kier alpha value is 0.750. The van der Waals surface area contributed by atoms with Crippen molar-refractivity contribution in [1.82, 2.24) is 9.55 Å². The van der Waals surface area contributed by atoms with Gasteiger partial charge in [-0.05, 0) is 13.7 Å². The zero-order valence-electron chi connectivity index (χ0n) is 11.8. The molecule has 12 heteroatoms. The van der Waals surface area contributed by atoms with Crippen LogP contribution in [-0.4, -0.2) is 28.6 Å². The van der Waals surface area contributed by atoms with Crippen molar-refractivity contribution in [2.24, 2.45) is 0 Å². The van der Waals surface area contributed by atoms with Gasteiger partial charge in [-0.25, -0.2) is 4.79 Å². The van der Waals surface area contributed by atoms with E-state index in [1.807, 2.05) is 0 Å². The van der Waals surface area contributed by atoms with E-state index in [1.165, 1.54) is 16.8 Å². The third kappa shape index (κ3) is 6.80. The number of nitrogens with zero attached hydrogens (tertiary/aromatic N) is 2. The smallest absolute Gasteiger partial charge is 0.809 e. The van der Waals surface area contributed by atoms with Gasteiger partial charge in [-0.15, -0.1) is 0 Å². The van der Waals surface area contributed by atoms with E-state index in [9.17, 15) is 19.1 Å². The summed E-state index contributed by atoms with van der Waals surface area (Å²) in [6, 6.07) is 1.45. The second kappa shape index (κ2) is 9.14. The van der Waals surface area contributed by atoms with Crippen LogP contribution in [-0.2, 0) is 14.0 Å². The fourth-order valence-corrected chi connectivity index (χ4v) is 2.12. The normalized spacial score (nSPS) is 21.4. The Morgan fingerprint density at radius 3 is 2.76 bits per heavy atom. The molecule has 1 aliphatic heterocycles. The van der Waals surface area contributed by atoms with E-state index in [0.717, 1.165) is 0 Å². The van der Waals surface area contributed by atoms with Crippen molar-refractivity contribution in [2.45, 2.75) is 18.8 Å². The molecule has 0 amide bonds. The van der Waals surface area contributed by atoms with Gasteiger partial charge in [-0.1, -0.05) is 0 Å². The summed E-state index contributed by atoms with van der Waals surface area (Å²) in [6.45, 7) is 0.0987. The number of hydrogen-bond acceptors (Lipinski definition) is 8. The second-order valence-electron chi connectivity index (χ2n) is 4.09. The van der Waals surface area contributed by atoms with Crippen LogP contribution in [0.4, 0.5) is 5.82 Å². The molecule has 1 fully saturated rings. The summed E-state index contributed by atoms with van der Waals surface area (Å²) < 4.78 is 21.9. The molecular weight excluding hydrogens is 323 g/mol. The molecule has 21 heavy (non-hydrogen) atoms. The Labute approximate surface area is 165 Å². The van der Waals surface area contributed by atoms with Gasteiger partial charge in [0.2, 0.25) is 0 Å². The number of nitrogens with two attached hydrogens (primary N) is 1.